The Labute approximate surface area is 109 Å². The van der Waals surface area contributed by atoms with Crippen LogP contribution in [0.1, 0.15) is 12.1 Å². The highest BCUT2D eigenvalue weighted by Crippen LogP contribution is 2.27. The summed E-state index contributed by atoms with van der Waals surface area (Å²) in [5.41, 5.74) is -1.12. The highest BCUT2D eigenvalue weighted by molar-refractivity contribution is 7.89. The van der Waals surface area contributed by atoms with Crippen LogP contribution < -0.4 is 10.0 Å². The van der Waals surface area contributed by atoms with E-state index in [4.69, 9.17) is 0 Å². The number of hydrogen-bond acceptors (Lipinski definition) is 4. The molecule has 0 fully saturated rings. The van der Waals surface area contributed by atoms with Crippen LogP contribution in [0.15, 0.2) is 23.2 Å². The predicted molar refractivity (Wildman–Crippen MR) is 63.0 cm³/mol. The monoisotopic (exact) mass is 297 g/mol. The summed E-state index contributed by atoms with van der Waals surface area (Å²) in [5, 5.41) is 2.85. The van der Waals surface area contributed by atoms with Gasteiger partial charge in [0.15, 0.2) is 0 Å². The Morgan fingerprint density at radius 2 is 1.95 bits per heavy atom. The summed E-state index contributed by atoms with van der Waals surface area (Å²) in [4.78, 5) is 2.82. The Morgan fingerprint density at radius 3 is 2.42 bits per heavy atom. The molecule has 1 aromatic heterocycles. The molecule has 0 spiro atoms. The Morgan fingerprint density at radius 1 is 1.26 bits per heavy atom. The molecule has 5 nitrogen and oxygen atoms in total. The second-order valence-corrected chi connectivity index (χ2v) is 5.50. The third-order valence-electron chi connectivity index (χ3n) is 2.23. The topological polar surface area (TPSA) is 71.1 Å². The summed E-state index contributed by atoms with van der Waals surface area (Å²) < 4.78 is 62.5. The van der Waals surface area contributed by atoms with Crippen molar-refractivity contribution in [2.75, 3.05) is 20.1 Å². The number of halogens is 3. The van der Waals surface area contributed by atoms with Crippen LogP contribution in [-0.4, -0.2) is 33.5 Å². The smallest absolute Gasteiger partial charge is 0.320 e. The Balaban J connectivity index is 2.74. The second-order valence-electron chi connectivity index (χ2n) is 3.73. The lowest BCUT2D eigenvalue weighted by molar-refractivity contribution is -0.141. The summed E-state index contributed by atoms with van der Waals surface area (Å²) in [6, 6.07) is 1.53. The van der Waals surface area contributed by atoms with Gasteiger partial charge < -0.3 is 5.32 Å². The number of aromatic nitrogens is 1. The van der Waals surface area contributed by atoms with Crippen molar-refractivity contribution >= 4 is 10.0 Å². The van der Waals surface area contributed by atoms with Gasteiger partial charge in [-0.05, 0) is 32.1 Å². The number of alkyl halides is 3. The van der Waals surface area contributed by atoms with Gasteiger partial charge in [0, 0.05) is 12.7 Å². The first-order valence-corrected chi connectivity index (χ1v) is 6.93. The van der Waals surface area contributed by atoms with Gasteiger partial charge in [-0.1, -0.05) is 0 Å². The maximum atomic E-state index is 12.3. The Bertz CT molecular complexity index is 500. The van der Waals surface area contributed by atoms with Gasteiger partial charge >= 0.3 is 6.18 Å². The van der Waals surface area contributed by atoms with Gasteiger partial charge in [-0.25, -0.2) is 13.1 Å². The summed E-state index contributed by atoms with van der Waals surface area (Å²) >= 11 is 0. The number of nitrogens with zero attached hydrogens (tertiary/aromatic N) is 1. The van der Waals surface area contributed by atoms with Gasteiger partial charge in [-0.15, -0.1) is 0 Å². The van der Waals surface area contributed by atoms with Crippen LogP contribution in [0.25, 0.3) is 0 Å². The van der Waals surface area contributed by atoms with Crippen molar-refractivity contribution in [2.45, 2.75) is 17.5 Å². The minimum absolute atomic E-state index is 0.199. The van der Waals surface area contributed by atoms with Crippen molar-refractivity contribution in [2.24, 2.45) is 0 Å². The van der Waals surface area contributed by atoms with Crippen LogP contribution in [0.2, 0.25) is 0 Å². The zero-order valence-electron chi connectivity index (χ0n) is 10.2. The molecule has 19 heavy (non-hydrogen) atoms. The zero-order chi connectivity index (χ0) is 14.5. The molecule has 1 rings (SSSR count). The Hall–Kier alpha value is -1.19. The lowest BCUT2D eigenvalue weighted by atomic mass is 10.3. The van der Waals surface area contributed by atoms with Crippen LogP contribution >= 0.6 is 0 Å². The number of pyridine rings is 1. The maximum Gasteiger partial charge on any atom is 0.433 e. The van der Waals surface area contributed by atoms with Gasteiger partial charge in [-0.3, -0.25) is 4.98 Å². The van der Waals surface area contributed by atoms with Crippen LogP contribution in [-0.2, 0) is 16.2 Å². The molecule has 108 valence electrons. The van der Waals surface area contributed by atoms with Crippen LogP contribution in [0.5, 0.6) is 0 Å². The van der Waals surface area contributed by atoms with E-state index >= 15 is 0 Å². The lowest BCUT2D eigenvalue weighted by Crippen LogP contribution is -2.27. The SMILES string of the molecule is CNCCCNS(=O)(=O)c1ccc(C(F)(F)F)nc1. The summed E-state index contributed by atoms with van der Waals surface area (Å²) in [7, 11) is -2.08. The third kappa shape index (κ3) is 4.77. The molecule has 0 saturated heterocycles. The maximum absolute atomic E-state index is 12.3. The average molecular weight is 297 g/mol. The molecule has 0 amide bonds. The Kier molecular flexibility index (Phi) is 5.27. The third-order valence-corrected chi connectivity index (χ3v) is 3.68. The zero-order valence-corrected chi connectivity index (χ0v) is 11.0. The lowest BCUT2D eigenvalue weighted by Gasteiger charge is -2.08. The largest absolute Gasteiger partial charge is 0.433 e. The number of sulfonamides is 1. The van der Waals surface area contributed by atoms with Gasteiger partial charge in [-0.2, -0.15) is 13.2 Å². The van der Waals surface area contributed by atoms with Crippen molar-refractivity contribution in [3.63, 3.8) is 0 Å². The van der Waals surface area contributed by atoms with Gasteiger partial charge in [0.05, 0.1) is 0 Å². The van der Waals surface area contributed by atoms with E-state index < -0.39 is 21.9 Å². The summed E-state index contributed by atoms with van der Waals surface area (Å²) in [6.45, 7) is 0.831. The summed E-state index contributed by atoms with van der Waals surface area (Å²) in [6.07, 6.45) is -3.31. The minimum atomic E-state index is -4.58. The summed E-state index contributed by atoms with van der Waals surface area (Å²) in [5.74, 6) is 0. The molecular formula is C10H14F3N3O2S. The minimum Gasteiger partial charge on any atom is -0.320 e. The van der Waals surface area contributed by atoms with Crippen LogP contribution in [0.3, 0.4) is 0 Å². The van der Waals surface area contributed by atoms with Crippen molar-refractivity contribution < 1.29 is 21.6 Å². The van der Waals surface area contributed by atoms with Gasteiger partial charge in [0.25, 0.3) is 0 Å². The molecule has 0 aromatic carbocycles. The molecule has 0 saturated carbocycles. The van der Waals surface area contributed by atoms with E-state index in [0.29, 0.717) is 25.2 Å². The van der Waals surface area contributed by atoms with E-state index in [2.05, 4.69) is 15.0 Å². The molecule has 0 aliphatic rings. The molecule has 0 aliphatic heterocycles. The fraction of sp³-hybridized carbons (Fsp3) is 0.500. The fourth-order valence-corrected chi connectivity index (χ4v) is 2.28. The molecular weight excluding hydrogens is 283 g/mol. The number of nitrogens with one attached hydrogen (secondary N) is 2. The first kappa shape index (κ1) is 15.9. The highest BCUT2D eigenvalue weighted by Gasteiger charge is 2.32. The van der Waals surface area contributed by atoms with Crippen molar-refractivity contribution in [3.05, 3.63) is 24.0 Å². The molecule has 0 radical (unpaired) electrons. The molecule has 9 heteroatoms. The van der Waals surface area contributed by atoms with Gasteiger partial charge in [0.1, 0.15) is 10.6 Å². The van der Waals surface area contributed by atoms with E-state index in [9.17, 15) is 21.6 Å². The molecule has 1 heterocycles. The van der Waals surface area contributed by atoms with Crippen molar-refractivity contribution in [1.82, 2.24) is 15.0 Å². The molecule has 0 atom stereocenters. The van der Waals surface area contributed by atoms with Crippen LogP contribution in [0.4, 0.5) is 13.2 Å². The molecule has 0 unspecified atom stereocenters. The molecule has 2 N–H and O–H groups in total. The highest BCUT2D eigenvalue weighted by atomic mass is 32.2. The van der Waals surface area contributed by atoms with Crippen LogP contribution in [0, 0.1) is 0 Å². The molecule has 0 bridgehead atoms. The van der Waals surface area contributed by atoms with Crippen molar-refractivity contribution in [3.8, 4) is 0 Å². The molecule has 1 aromatic rings. The second kappa shape index (κ2) is 6.31. The normalized spacial score (nSPS) is 12.6. The molecule has 0 aliphatic carbocycles. The van der Waals surface area contributed by atoms with E-state index in [1.165, 1.54) is 0 Å². The van der Waals surface area contributed by atoms with E-state index in [1.807, 2.05) is 0 Å². The number of rotatable bonds is 6. The quantitative estimate of drug-likeness (QED) is 0.768. The first-order chi connectivity index (χ1) is 8.77. The van der Waals surface area contributed by atoms with E-state index in [0.717, 1.165) is 6.07 Å². The first-order valence-electron chi connectivity index (χ1n) is 5.45. The van der Waals surface area contributed by atoms with Crippen molar-refractivity contribution in [1.29, 1.82) is 0 Å². The predicted octanol–water partition coefficient (Wildman–Crippen LogP) is 0.988. The van der Waals surface area contributed by atoms with Gasteiger partial charge in [0.2, 0.25) is 10.0 Å². The van der Waals surface area contributed by atoms with E-state index in [1.54, 1.807) is 7.05 Å². The standard InChI is InChI=1S/C10H14F3N3O2S/c1-14-5-2-6-16-19(17,18)8-3-4-9(15-7-8)10(11,12)13/h3-4,7,14,16H,2,5-6H2,1H3. The number of hydrogen-bond donors (Lipinski definition) is 2. The fourth-order valence-electron chi connectivity index (χ4n) is 1.26. The average Bonchev–Trinajstić information content (AvgIpc) is 2.34. The van der Waals surface area contributed by atoms with E-state index in [-0.39, 0.29) is 11.4 Å².